The SMILES string of the molecule is CCOc1cc(N)cc(C(=O)NCC2CCCC2C)c1. The highest BCUT2D eigenvalue weighted by atomic mass is 16.5. The number of ether oxygens (including phenoxy) is 1. The van der Waals surface area contributed by atoms with Crippen molar-refractivity contribution in [2.45, 2.75) is 33.1 Å². The summed E-state index contributed by atoms with van der Waals surface area (Å²) < 4.78 is 5.41. The number of carbonyl (C=O) groups excluding carboxylic acids is 1. The third-order valence-electron chi connectivity index (χ3n) is 4.07. The van der Waals surface area contributed by atoms with Gasteiger partial charge in [0.15, 0.2) is 0 Å². The third kappa shape index (κ3) is 3.65. The molecule has 1 aromatic rings. The van der Waals surface area contributed by atoms with E-state index < -0.39 is 0 Å². The van der Waals surface area contributed by atoms with Crippen LogP contribution in [0, 0.1) is 11.8 Å². The highest BCUT2D eigenvalue weighted by molar-refractivity contribution is 5.95. The minimum Gasteiger partial charge on any atom is -0.494 e. The van der Waals surface area contributed by atoms with Crippen LogP contribution in [0.3, 0.4) is 0 Å². The molecular formula is C16H24N2O2. The topological polar surface area (TPSA) is 64.3 Å². The highest BCUT2D eigenvalue weighted by Crippen LogP contribution is 2.30. The van der Waals surface area contributed by atoms with Gasteiger partial charge in [0.05, 0.1) is 6.61 Å². The van der Waals surface area contributed by atoms with E-state index in [0.717, 1.165) is 6.54 Å². The van der Waals surface area contributed by atoms with Gasteiger partial charge in [-0.15, -0.1) is 0 Å². The maximum absolute atomic E-state index is 12.2. The van der Waals surface area contributed by atoms with Crippen molar-refractivity contribution in [3.63, 3.8) is 0 Å². The van der Waals surface area contributed by atoms with Crippen molar-refractivity contribution in [3.05, 3.63) is 23.8 Å². The Bertz CT molecular complexity index is 474. The molecule has 1 aliphatic rings. The molecule has 0 heterocycles. The summed E-state index contributed by atoms with van der Waals surface area (Å²) in [5.74, 6) is 1.88. The van der Waals surface area contributed by atoms with Crippen molar-refractivity contribution < 1.29 is 9.53 Å². The zero-order chi connectivity index (χ0) is 14.5. The van der Waals surface area contributed by atoms with Crippen LogP contribution in [0.25, 0.3) is 0 Å². The first-order valence-electron chi connectivity index (χ1n) is 7.41. The molecule has 1 saturated carbocycles. The van der Waals surface area contributed by atoms with E-state index in [9.17, 15) is 4.79 Å². The maximum Gasteiger partial charge on any atom is 0.251 e. The quantitative estimate of drug-likeness (QED) is 0.813. The van der Waals surface area contributed by atoms with Crippen LogP contribution in [0.1, 0.15) is 43.5 Å². The second-order valence-corrected chi connectivity index (χ2v) is 5.60. The molecule has 20 heavy (non-hydrogen) atoms. The first kappa shape index (κ1) is 14.7. The zero-order valence-electron chi connectivity index (χ0n) is 12.3. The summed E-state index contributed by atoms with van der Waals surface area (Å²) in [6.07, 6.45) is 3.75. The fourth-order valence-electron chi connectivity index (χ4n) is 2.85. The Morgan fingerprint density at radius 1 is 1.40 bits per heavy atom. The average molecular weight is 276 g/mol. The predicted molar refractivity (Wildman–Crippen MR) is 80.9 cm³/mol. The molecule has 0 aliphatic heterocycles. The van der Waals surface area contributed by atoms with Crippen molar-refractivity contribution in [2.24, 2.45) is 11.8 Å². The average Bonchev–Trinajstić information content (AvgIpc) is 2.81. The van der Waals surface area contributed by atoms with Crippen molar-refractivity contribution in [3.8, 4) is 5.75 Å². The number of anilines is 1. The molecule has 2 rings (SSSR count). The fraction of sp³-hybridized carbons (Fsp3) is 0.562. The van der Waals surface area contributed by atoms with Crippen LogP contribution in [0.4, 0.5) is 5.69 Å². The second kappa shape index (κ2) is 6.64. The van der Waals surface area contributed by atoms with E-state index >= 15 is 0 Å². The zero-order valence-corrected chi connectivity index (χ0v) is 12.3. The molecule has 0 aromatic heterocycles. The van der Waals surface area contributed by atoms with E-state index in [0.29, 0.717) is 35.4 Å². The molecule has 1 fully saturated rings. The number of benzene rings is 1. The standard InChI is InChI=1S/C16H24N2O2/c1-3-20-15-8-13(7-14(17)9-15)16(19)18-10-12-6-4-5-11(12)2/h7-9,11-12H,3-6,10,17H2,1-2H3,(H,18,19). The summed E-state index contributed by atoms with van der Waals surface area (Å²) in [4.78, 5) is 12.2. The Labute approximate surface area is 120 Å². The number of rotatable bonds is 5. The van der Waals surface area contributed by atoms with Crippen LogP contribution in [0.15, 0.2) is 18.2 Å². The molecule has 3 N–H and O–H groups in total. The molecule has 0 radical (unpaired) electrons. The van der Waals surface area contributed by atoms with Crippen LogP contribution >= 0.6 is 0 Å². The molecule has 2 atom stereocenters. The summed E-state index contributed by atoms with van der Waals surface area (Å²) >= 11 is 0. The van der Waals surface area contributed by atoms with Gasteiger partial charge in [-0.05, 0) is 37.3 Å². The highest BCUT2D eigenvalue weighted by Gasteiger charge is 2.23. The van der Waals surface area contributed by atoms with E-state index in [1.54, 1.807) is 18.2 Å². The Kier molecular flexibility index (Phi) is 4.88. The minimum atomic E-state index is -0.0719. The van der Waals surface area contributed by atoms with E-state index in [-0.39, 0.29) is 5.91 Å². The summed E-state index contributed by atoms with van der Waals surface area (Å²) in [7, 11) is 0. The van der Waals surface area contributed by atoms with Crippen LogP contribution < -0.4 is 15.8 Å². The Morgan fingerprint density at radius 3 is 2.85 bits per heavy atom. The molecule has 0 bridgehead atoms. The van der Waals surface area contributed by atoms with Crippen LogP contribution in [-0.2, 0) is 0 Å². The lowest BCUT2D eigenvalue weighted by Crippen LogP contribution is -2.30. The number of hydrogen-bond donors (Lipinski definition) is 2. The van der Waals surface area contributed by atoms with Gasteiger partial charge < -0.3 is 15.8 Å². The van der Waals surface area contributed by atoms with E-state index in [2.05, 4.69) is 12.2 Å². The molecule has 0 saturated heterocycles. The summed E-state index contributed by atoms with van der Waals surface area (Å²) in [6.45, 7) is 5.48. The van der Waals surface area contributed by atoms with Crippen molar-refractivity contribution in [1.29, 1.82) is 0 Å². The number of nitrogen functional groups attached to an aromatic ring is 1. The van der Waals surface area contributed by atoms with Gasteiger partial charge in [-0.2, -0.15) is 0 Å². The molecule has 0 spiro atoms. The number of nitrogens with two attached hydrogens (primary N) is 1. The van der Waals surface area contributed by atoms with E-state index in [4.69, 9.17) is 10.5 Å². The largest absolute Gasteiger partial charge is 0.494 e. The van der Waals surface area contributed by atoms with Crippen molar-refractivity contribution in [1.82, 2.24) is 5.32 Å². The monoisotopic (exact) mass is 276 g/mol. The second-order valence-electron chi connectivity index (χ2n) is 5.60. The van der Waals surface area contributed by atoms with Gasteiger partial charge in [-0.3, -0.25) is 4.79 Å². The van der Waals surface area contributed by atoms with E-state index in [1.165, 1.54) is 19.3 Å². The van der Waals surface area contributed by atoms with Crippen LogP contribution in [0.2, 0.25) is 0 Å². The fourth-order valence-corrected chi connectivity index (χ4v) is 2.85. The lowest BCUT2D eigenvalue weighted by atomic mass is 9.98. The Hall–Kier alpha value is -1.71. The minimum absolute atomic E-state index is 0.0719. The Morgan fingerprint density at radius 2 is 2.20 bits per heavy atom. The molecule has 4 nitrogen and oxygen atoms in total. The van der Waals surface area contributed by atoms with Crippen LogP contribution in [-0.4, -0.2) is 19.1 Å². The number of hydrogen-bond acceptors (Lipinski definition) is 3. The van der Waals surface area contributed by atoms with Gasteiger partial charge in [0, 0.05) is 23.9 Å². The number of amides is 1. The summed E-state index contributed by atoms with van der Waals surface area (Å²) in [5, 5.41) is 3.02. The molecule has 1 aromatic carbocycles. The molecular weight excluding hydrogens is 252 g/mol. The van der Waals surface area contributed by atoms with E-state index in [1.807, 2.05) is 6.92 Å². The smallest absolute Gasteiger partial charge is 0.251 e. The molecule has 4 heteroatoms. The van der Waals surface area contributed by atoms with Gasteiger partial charge in [0.25, 0.3) is 5.91 Å². The number of carbonyl (C=O) groups is 1. The van der Waals surface area contributed by atoms with Crippen molar-refractivity contribution in [2.75, 3.05) is 18.9 Å². The van der Waals surface area contributed by atoms with Gasteiger partial charge in [0.2, 0.25) is 0 Å². The van der Waals surface area contributed by atoms with Gasteiger partial charge in [0.1, 0.15) is 5.75 Å². The first-order valence-corrected chi connectivity index (χ1v) is 7.41. The van der Waals surface area contributed by atoms with Gasteiger partial charge in [-0.1, -0.05) is 19.8 Å². The molecule has 2 unspecified atom stereocenters. The lowest BCUT2D eigenvalue weighted by Gasteiger charge is -2.16. The third-order valence-corrected chi connectivity index (χ3v) is 4.07. The number of nitrogens with one attached hydrogen (secondary N) is 1. The normalized spacial score (nSPS) is 21.7. The van der Waals surface area contributed by atoms with Gasteiger partial charge >= 0.3 is 0 Å². The molecule has 1 amide bonds. The van der Waals surface area contributed by atoms with Gasteiger partial charge in [-0.25, -0.2) is 0 Å². The van der Waals surface area contributed by atoms with Crippen LogP contribution in [0.5, 0.6) is 5.75 Å². The maximum atomic E-state index is 12.2. The predicted octanol–water partition coefficient (Wildman–Crippen LogP) is 2.83. The summed E-state index contributed by atoms with van der Waals surface area (Å²) in [5.41, 5.74) is 6.93. The van der Waals surface area contributed by atoms with Crippen molar-refractivity contribution >= 4 is 11.6 Å². The first-order chi connectivity index (χ1) is 9.60. The molecule has 110 valence electrons. The molecule has 1 aliphatic carbocycles. The Balaban J connectivity index is 1.97. The summed E-state index contributed by atoms with van der Waals surface area (Å²) in [6, 6.07) is 5.17. The lowest BCUT2D eigenvalue weighted by molar-refractivity contribution is 0.0944.